The van der Waals surface area contributed by atoms with Crippen LogP contribution in [0.5, 0.6) is 0 Å². The van der Waals surface area contributed by atoms with Crippen molar-refractivity contribution in [1.82, 2.24) is 0 Å². The average molecular weight is 378 g/mol. The van der Waals surface area contributed by atoms with Crippen LogP contribution >= 0.6 is 0 Å². The standard InChI is InChI=1S/C21H30O6/c1-11(2)20(23)27-19-17(12(3)8-7-9-25-15(6)22)13(4)10-16-18(19)14(5)21(24)26-16/h11-12,16,18-19H,5,7-10H2,1-4,6H3/t12-,16-,18-,19+/m1/s1. The summed E-state index contributed by atoms with van der Waals surface area (Å²) in [5, 5.41) is 0. The van der Waals surface area contributed by atoms with Crippen molar-refractivity contribution in [3.05, 3.63) is 23.3 Å². The first-order chi connectivity index (χ1) is 12.6. The van der Waals surface area contributed by atoms with E-state index in [1.807, 2.05) is 6.92 Å². The van der Waals surface area contributed by atoms with E-state index in [0.717, 1.165) is 17.6 Å². The molecule has 6 nitrogen and oxygen atoms in total. The van der Waals surface area contributed by atoms with Gasteiger partial charge in [0.25, 0.3) is 0 Å². The Balaban J connectivity index is 2.23. The molecule has 6 heteroatoms. The first-order valence-corrected chi connectivity index (χ1v) is 9.56. The molecule has 4 atom stereocenters. The minimum absolute atomic E-state index is 0.120. The Kier molecular flexibility index (Phi) is 6.84. The lowest BCUT2D eigenvalue weighted by atomic mass is 9.73. The molecular weight excluding hydrogens is 348 g/mol. The largest absolute Gasteiger partial charge is 0.466 e. The van der Waals surface area contributed by atoms with Gasteiger partial charge in [0, 0.05) is 18.9 Å². The first-order valence-electron chi connectivity index (χ1n) is 9.56. The molecule has 27 heavy (non-hydrogen) atoms. The molecule has 1 aliphatic carbocycles. The summed E-state index contributed by atoms with van der Waals surface area (Å²) in [5.41, 5.74) is 2.49. The van der Waals surface area contributed by atoms with E-state index in [-0.39, 0.29) is 35.8 Å². The second kappa shape index (κ2) is 8.72. The highest BCUT2D eigenvalue weighted by atomic mass is 16.6. The Hall–Kier alpha value is -2.11. The summed E-state index contributed by atoms with van der Waals surface area (Å²) in [6.07, 6.45) is 1.25. The molecule has 0 amide bonds. The third-order valence-electron chi connectivity index (χ3n) is 5.29. The van der Waals surface area contributed by atoms with Gasteiger partial charge in [0.15, 0.2) is 0 Å². The Morgan fingerprint density at radius 3 is 2.56 bits per heavy atom. The maximum absolute atomic E-state index is 12.3. The van der Waals surface area contributed by atoms with E-state index in [1.54, 1.807) is 13.8 Å². The molecule has 1 fully saturated rings. The highest BCUT2D eigenvalue weighted by molar-refractivity contribution is 5.91. The smallest absolute Gasteiger partial charge is 0.334 e. The van der Waals surface area contributed by atoms with Gasteiger partial charge in [-0.1, -0.05) is 32.9 Å². The van der Waals surface area contributed by atoms with Crippen LogP contribution in [0.15, 0.2) is 23.3 Å². The molecule has 0 aromatic heterocycles. The van der Waals surface area contributed by atoms with Crippen molar-refractivity contribution in [3.63, 3.8) is 0 Å². The lowest BCUT2D eigenvalue weighted by molar-refractivity contribution is -0.155. The summed E-state index contributed by atoms with van der Waals surface area (Å²) in [6, 6.07) is 0. The van der Waals surface area contributed by atoms with Gasteiger partial charge in [-0.3, -0.25) is 9.59 Å². The summed E-state index contributed by atoms with van der Waals surface area (Å²) < 4.78 is 16.3. The monoisotopic (exact) mass is 378 g/mol. The van der Waals surface area contributed by atoms with E-state index in [0.29, 0.717) is 25.0 Å². The Labute approximate surface area is 160 Å². The van der Waals surface area contributed by atoms with Crippen molar-refractivity contribution in [2.45, 2.75) is 66.1 Å². The number of hydrogen-bond acceptors (Lipinski definition) is 6. The van der Waals surface area contributed by atoms with Crippen molar-refractivity contribution in [2.75, 3.05) is 6.61 Å². The van der Waals surface area contributed by atoms with E-state index in [2.05, 4.69) is 13.5 Å². The van der Waals surface area contributed by atoms with Gasteiger partial charge in [-0.2, -0.15) is 0 Å². The average Bonchev–Trinajstić information content (AvgIpc) is 2.85. The van der Waals surface area contributed by atoms with Gasteiger partial charge < -0.3 is 14.2 Å². The lowest BCUT2D eigenvalue weighted by Gasteiger charge is -2.37. The number of hydrogen-bond donors (Lipinski definition) is 0. The molecule has 2 aliphatic rings. The van der Waals surface area contributed by atoms with Crippen molar-refractivity contribution in [3.8, 4) is 0 Å². The van der Waals surface area contributed by atoms with Crippen LogP contribution in [0.3, 0.4) is 0 Å². The van der Waals surface area contributed by atoms with E-state index < -0.39 is 12.1 Å². The lowest BCUT2D eigenvalue weighted by Crippen LogP contribution is -2.41. The Morgan fingerprint density at radius 2 is 1.96 bits per heavy atom. The van der Waals surface area contributed by atoms with Gasteiger partial charge in [-0.25, -0.2) is 4.79 Å². The Bertz CT molecular complexity index is 660. The topological polar surface area (TPSA) is 78.9 Å². The molecule has 150 valence electrons. The summed E-state index contributed by atoms with van der Waals surface area (Å²) in [4.78, 5) is 35.3. The van der Waals surface area contributed by atoms with Crippen molar-refractivity contribution < 1.29 is 28.6 Å². The second-order valence-electron chi connectivity index (χ2n) is 7.83. The van der Waals surface area contributed by atoms with Gasteiger partial charge in [-0.05, 0) is 31.3 Å². The SMILES string of the molecule is C=C1C(=O)O[C@@H]2CC(C)=C([C@H](C)CCCOC(C)=O)[C@H](OC(=O)C(C)C)[C@H]12. The highest BCUT2D eigenvalue weighted by Crippen LogP contribution is 2.45. The fourth-order valence-electron chi connectivity index (χ4n) is 3.91. The quantitative estimate of drug-likeness (QED) is 0.222. The maximum atomic E-state index is 12.3. The van der Waals surface area contributed by atoms with Gasteiger partial charge in [0.2, 0.25) is 0 Å². The summed E-state index contributed by atoms with van der Waals surface area (Å²) >= 11 is 0. The highest BCUT2D eigenvalue weighted by Gasteiger charge is 2.50. The number of esters is 3. The van der Waals surface area contributed by atoms with Crippen LogP contribution in [-0.4, -0.2) is 36.7 Å². The number of carbonyl (C=O) groups excluding carboxylic acids is 3. The summed E-state index contributed by atoms with van der Waals surface area (Å²) in [6.45, 7) is 13.3. The van der Waals surface area contributed by atoms with Crippen molar-refractivity contribution >= 4 is 17.9 Å². The third kappa shape index (κ3) is 4.79. The van der Waals surface area contributed by atoms with Crippen LogP contribution in [0.25, 0.3) is 0 Å². The van der Waals surface area contributed by atoms with Crippen LogP contribution in [0, 0.1) is 17.8 Å². The van der Waals surface area contributed by atoms with E-state index in [1.165, 1.54) is 6.92 Å². The minimum Gasteiger partial charge on any atom is -0.466 e. The molecule has 1 aliphatic heterocycles. The van der Waals surface area contributed by atoms with Crippen LogP contribution < -0.4 is 0 Å². The minimum atomic E-state index is -0.540. The zero-order valence-corrected chi connectivity index (χ0v) is 16.9. The van der Waals surface area contributed by atoms with Gasteiger partial charge in [0.1, 0.15) is 12.2 Å². The van der Waals surface area contributed by atoms with Crippen LogP contribution in [-0.2, 0) is 28.6 Å². The molecule has 0 saturated carbocycles. The maximum Gasteiger partial charge on any atom is 0.334 e. The summed E-state index contributed by atoms with van der Waals surface area (Å²) in [5.74, 6) is -1.49. The molecule has 1 saturated heterocycles. The predicted octanol–water partition coefficient (Wildman–Crippen LogP) is 3.35. The third-order valence-corrected chi connectivity index (χ3v) is 5.29. The predicted molar refractivity (Wildman–Crippen MR) is 99.6 cm³/mol. The molecule has 0 unspecified atom stereocenters. The normalized spacial score (nSPS) is 25.9. The fourth-order valence-corrected chi connectivity index (χ4v) is 3.91. The summed E-state index contributed by atoms with van der Waals surface area (Å²) in [7, 11) is 0. The van der Waals surface area contributed by atoms with E-state index in [4.69, 9.17) is 14.2 Å². The second-order valence-corrected chi connectivity index (χ2v) is 7.83. The first kappa shape index (κ1) is 21.2. The van der Waals surface area contributed by atoms with Crippen molar-refractivity contribution in [2.24, 2.45) is 17.8 Å². The molecule has 0 radical (unpaired) electrons. The molecule has 0 N–H and O–H groups in total. The van der Waals surface area contributed by atoms with Gasteiger partial charge >= 0.3 is 17.9 Å². The zero-order valence-electron chi connectivity index (χ0n) is 16.9. The number of ether oxygens (including phenoxy) is 3. The van der Waals surface area contributed by atoms with E-state index in [9.17, 15) is 14.4 Å². The fraction of sp³-hybridized carbons (Fsp3) is 0.667. The Morgan fingerprint density at radius 1 is 1.30 bits per heavy atom. The van der Waals surface area contributed by atoms with Crippen LogP contribution in [0.2, 0.25) is 0 Å². The molecule has 0 bridgehead atoms. The van der Waals surface area contributed by atoms with Gasteiger partial charge in [0.05, 0.1) is 18.4 Å². The molecular formula is C21H30O6. The molecule has 0 aromatic carbocycles. The molecule has 2 rings (SSSR count). The number of fused-ring (bicyclic) bond motifs is 1. The molecule has 1 heterocycles. The number of rotatable bonds is 7. The molecule has 0 aromatic rings. The zero-order chi connectivity index (χ0) is 20.3. The van der Waals surface area contributed by atoms with Crippen LogP contribution in [0.4, 0.5) is 0 Å². The van der Waals surface area contributed by atoms with Crippen LogP contribution in [0.1, 0.15) is 53.9 Å². The van der Waals surface area contributed by atoms with Gasteiger partial charge in [-0.15, -0.1) is 0 Å². The van der Waals surface area contributed by atoms with E-state index >= 15 is 0 Å². The van der Waals surface area contributed by atoms with Crippen molar-refractivity contribution in [1.29, 1.82) is 0 Å². The number of carbonyl (C=O) groups is 3. The molecule has 0 spiro atoms.